The first-order valence-electron chi connectivity index (χ1n) is 10.8. The Morgan fingerprint density at radius 3 is 2.53 bits per heavy atom. The Hall–Kier alpha value is -3.82. The molecular weight excluding hydrogens is 504 g/mol. The molecule has 0 N–H and O–H groups in total. The standard InChI is InChI=1S/C26H21ClN2O6S/c1-16-6-8-17(9-7-16)15-35-24-21(27)11-19(12-22(24)34-2)13-23-25(30)28(26(31)36-23)14-18-4-3-5-20(10-18)29(32)33/h3-13H,14-15H2,1-2H3/b23-13+. The van der Waals surface area contributed by atoms with Crippen LogP contribution in [0.5, 0.6) is 11.5 Å². The van der Waals surface area contributed by atoms with Crippen LogP contribution in [0.15, 0.2) is 65.6 Å². The van der Waals surface area contributed by atoms with Gasteiger partial charge in [0, 0.05) is 12.1 Å². The molecule has 0 saturated carbocycles. The van der Waals surface area contributed by atoms with E-state index in [2.05, 4.69) is 0 Å². The van der Waals surface area contributed by atoms with Crippen molar-refractivity contribution in [2.24, 2.45) is 0 Å². The molecule has 10 heteroatoms. The summed E-state index contributed by atoms with van der Waals surface area (Å²) in [7, 11) is 1.49. The lowest BCUT2D eigenvalue weighted by atomic mass is 10.1. The number of rotatable bonds is 8. The molecule has 0 radical (unpaired) electrons. The molecule has 0 aliphatic carbocycles. The van der Waals surface area contributed by atoms with Crippen LogP contribution in [0.1, 0.15) is 22.3 Å². The summed E-state index contributed by atoms with van der Waals surface area (Å²) < 4.78 is 11.4. The minimum atomic E-state index is -0.525. The maximum atomic E-state index is 12.9. The van der Waals surface area contributed by atoms with Gasteiger partial charge in [0.2, 0.25) is 0 Å². The van der Waals surface area contributed by atoms with Crippen molar-refractivity contribution in [2.45, 2.75) is 20.1 Å². The van der Waals surface area contributed by atoms with Gasteiger partial charge in [0.05, 0.1) is 28.5 Å². The second-order valence-corrected chi connectivity index (χ2v) is 9.40. The highest BCUT2D eigenvalue weighted by molar-refractivity contribution is 8.18. The van der Waals surface area contributed by atoms with Gasteiger partial charge < -0.3 is 9.47 Å². The van der Waals surface area contributed by atoms with Gasteiger partial charge in [-0.1, -0.05) is 53.6 Å². The van der Waals surface area contributed by atoms with Crippen LogP contribution in [0, 0.1) is 17.0 Å². The highest BCUT2D eigenvalue weighted by Crippen LogP contribution is 2.39. The predicted octanol–water partition coefficient (Wildman–Crippen LogP) is 6.38. The van der Waals surface area contributed by atoms with Crippen LogP contribution in [-0.2, 0) is 17.9 Å². The molecule has 0 bridgehead atoms. The number of non-ortho nitro benzene ring substituents is 1. The third kappa shape index (κ3) is 5.69. The molecule has 3 aromatic rings. The summed E-state index contributed by atoms with van der Waals surface area (Å²) in [6.07, 6.45) is 1.55. The van der Waals surface area contributed by atoms with E-state index >= 15 is 0 Å². The van der Waals surface area contributed by atoms with Crippen molar-refractivity contribution in [3.63, 3.8) is 0 Å². The Morgan fingerprint density at radius 2 is 1.83 bits per heavy atom. The average Bonchev–Trinajstić information content (AvgIpc) is 3.11. The molecule has 1 aliphatic rings. The Balaban J connectivity index is 1.52. The minimum Gasteiger partial charge on any atom is -0.493 e. The first-order valence-corrected chi connectivity index (χ1v) is 12.0. The number of hydrogen-bond acceptors (Lipinski definition) is 7. The van der Waals surface area contributed by atoms with E-state index < -0.39 is 16.1 Å². The van der Waals surface area contributed by atoms with Crippen molar-refractivity contribution in [3.05, 3.63) is 103 Å². The van der Waals surface area contributed by atoms with Gasteiger partial charge >= 0.3 is 0 Å². The molecule has 4 rings (SSSR count). The van der Waals surface area contributed by atoms with Crippen molar-refractivity contribution in [3.8, 4) is 11.5 Å². The van der Waals surface area contributed by atoms with E-state index in [0.717, 1.165) is 27.8 Å². The molecule has 0 spiro atoms. The summed E-state index contributed by atoms with van der Waals surface area (Å²) in [5.74, 6) is 0.263. The third-order valence-electron chi connectivity index (χ3n) is 5.39. The number of ether oxygens (including phenoxy) is 2. The van der Waals surface area contributed by atoms with Gasteiger partial charge in [-0.05, 0) is 53.6 Å². The molecule has 1 aliphatic heterocycles. The van der Waals surface area contributed by atoms with Crippen molar-refractivity contribution in [1.82, 2.24) is 4.90 Å². The summed E-state index contributed by atoms with van der Waals surface area (Å²) in [6, 6.07) is 17.0. The lowest BCUT2D eigenvalue weighted by Gasteiger charge is -2.14. The van der Waals surface area contributed by atoms with Crippen molar-refractivity contribution in [1.29, 1.82) is 0 Å². The van der Waals surface area contributed by atoms with Crippen molar-refractivity contribution < 1.29 is 24.0 Å². The molecule has 1 fully saturated rings. The fraction of sp³-hybridized carbons (Fsp3) is 0.154. The van der Waals surface area contributed by atoms with Crippen molar-refractivity contribution >= 4 is 46.3 Å². The topological polar surface area (TPSA) is 99.0 Å². The summed E-state index contributed by atoms with van der Waals surface area (Å²) >= 11 is 7.26. The first kappa shape index (κ1) is 25.3. The molecule has 3 aromatic carbocycles. The Kier molecular flexibility index (Phi) is 7.61. The monoisotopic (exact) mass is 524 g/mol. The number of methoxy groups -OCH3 is 1. The zero-order chi connectivity index (χ0) is 25.8. The van der Waals surface area contributed by atoms with Gasteiger partial charge in [-0.25, -0.2) is 0 Å². The molecule has 0 aromatic heterocycles. The summed E-state index contributed by atoms with van der Waals surface area (Å²) in [4.78, 5) is 37.2. The predicted molar refractivity (Wildman–Crippen MR) is 138 cm³/mol. The first-order chi connectivity index (χ1) is 17.2. The van der Waals surface area contributed by atoms with Gasteiger partial charge in [-0.3, -0.25) is 24.6 Å². The van der Waals surface area contributed by atoms with Crippen LogP contribution in [0.2, 0.25) is 5.02 Å². The van der Waals surface area contributed by atoms with Crippen LogP contribution >= 0.6 is 23.4 Å². The SMILES string of the molecule is COc1cc(/C=C2/SC(=O)N(Cc3cccc([N+](=O)[O-])c3)C2=O)cc(Cl)c1OCc1ccc(C)cc1. The van der Waals surface area contributed by atoms with Crippen LogP contribution in [0.4, 0.5) is 10.5 Å². The molecular formula is C26H21ClN2O6S. The lowest BCUT2D eigenvalue weighted by molar-refractivity contribution is -0.384. The number of nitro benzene ring substituents is 1. The second-order valence-electron chi connectivity index (χ2n) is 8.00. The number of nitro groups is 1. The molecule has 0 unspecified atom stereocenters. The Morgan fingerprint density at radius 1 is 1.08 bits per heavy atom. The van der Waals surface area contributed by atoms with Gasteiger partial charge in [0.15, 0.2) is 11.5 Å². The summed E-state index contributed by atoms with van der Waals surface area (Å²) in [6.45, 7) is 2.23. The number of benzene rings is 3. The number of carbonyl (C=O) groups excluding carboxylic acids is 2. The van der Waals surface area contributed by atoms with Crippen LogP contribution in [-0.4, -0.2) is 28.1 Å². The summed E-state index contributed by atoms with van der Waals surface area (Å²) in [5.41, 5.74) is 3.04. The van der Waals surface area contributed by atoms with E-state index in [-0.39, 0.29) is 17.1 Å². The highest BCUT2D eigenvalue weighted by Gasteiger charge is 2.35. The second kappa shape index (κ2) is 10.8. The van der Waals surface area contributed by atoms with Gasteiger partial charge in [0.1, 0.15) is 6.61 Å². The van der Waals surface area contributed by atoms with Crippen molar-refractivity contribution in [2.75, 3.05) is 7.11 Å². The van der Waals surface area contributed by atoms with Crippen LogP contribution < -0.4 is 9.47 Å². The zero-order valence-electron chi connectivity index (χ0n) is 19.4. The third-order valence-corrected chi connectivity index (χ3v) is 6.58. The number of halogens is 1. The van der Waals surface area contributed by atoms with E-state index in [1.807, 2.05) is 31.2 Å². The maximum absolute atomic E-state index is 12.9. The fourth-order valence-corrected chi connectivity index (χ4v) is 4.65. The normalized spacial score (nSPS) is 14.4. The number of imide groups is 1. The summed E-state index contributed by atoms with van der Waals surface area (Å²) in [5, 5.41) is 10.8. The number of thioether (sulfide) groups is 1. The highest BCUT2D eigenvalue weighted by atomic mass is 35.5. The van der Waals surface area contributed by atoms with Gasteiger partial charge in [-0.15, -0.1) is 0 Å². The number of nitrogens with zero attached hydrogens (tertiary/aromatic N) is 2. The van der Waals surface area contributed by atoms with E-state index in [1.54, 1.807) is 24.3 Å². The van der Waals surface area contributed by atoms with Crippen LogP contribution in [0.3, 0.4) is 0 Å². The number of aryl methyl sites for hydroxylation is 1. The van der Waals surface area contributed by atoms with E-state index in [9.17, 15) is 19.7 Å². The fourth-order valence-electron chi connectivity index (χ4n) is 3.54. The quantitative estimate of drug-likeness (QED) is 0.191. The van der Waals surface area contributed by atoms with Gasteiger partial charge in [-0.2, -0.15) is 0 Å². The minimum absolute atomic E-state index is 0.0699. The Bertz CT molecular complexity index is 1370. The molecule has 184 valence electrons. The molecule has 1 heterocycles. The van der Waals surface area contributed by atoms with E-state index in [0.29, 0.717) is 34.3 Å². The molecule has 36 heavy (non-hydrogen) atoms. The smallest absolute Gasteiger partial charge is 0.293 e. The number of amides is 2. The lowest BCUT2D eigenvalue weighted by Crippen LogP contribution is -2.27. The van der Waals surface area contributed by atoms with E-state index in [1.165, 1.54) is 25.3 Å². The maximum Gasteiger partial charge on any atom is 0.293 e. The molecule has 0 atom stereocenters. The van der Waals surface area contributed by atoms with Gasteiger partial charge in [0.25, 0.3) is 16.8 Å². The molecule has 2 amide bonds. The number of carbonyl (C=O) groups is 2. The average molecular weight is 525 g/mol. The van der Waals surface area contributed by atoms with E-state index in [4.69, 9.17) is 21.1 Å². The molecule has 8 nitrogen and oxygen atoms in total. The Labute approximate surface area is 216 Å². The van der Waals surface area contributed by atoms with Crippen LogP contribution in [0.25, 0.3) is 6.08 Å². The number of hydrogen-bond donors (Lipinski definition) is 0. The largest absolute Gasteiger partial charge is 0.493 e. The zero-order valence-corrected chi connectivity index (χ0v) is 21.0. The molecule has 1 saturated heterocycles.